The fraction of sp³-hybridized carbons (Fsp3) is 0.381. The molecule has 148 valence electrons. The summed E-state index contributed by atoms with van der Waals surface area (Å²) in [5.74, 6) is 0.451. The van der Waals surface area contributed by atoms with Crippen molar-refractivity contribution >= 4 is 17.5 Å². The zero-order valence-corrected chi connectivity index (χ0v) is 16.4. The first-order chi connectivity index (χ1) is 13.4. The number of hydrogen-bond donors (Lipinski definition) is 1. The summed E-state index contributed by atoms with van der Waals surface area (Å²) in [5, 5.41) is 11.9. The second kappa shape index (κ2) is 8.37. The summed E-state index contributed by atoms with van der Waals surface area (Å²) in [6, 6.07) is 10.4. The molecule has 1 amide bonds. The second-order valence-corrected chi connectivity index (χ2v) is 7.44. The lowest BCUT2D eigenvalue weighted by atomic mass is 9.84. The Labute approximate surface area is 164 Å². The third-order valence-corrected chi connectivity index (χ3v) is 4.97. The van der Waals surface area contributed by atoms with Gasteiger partial charge in [0.15, 0.2) is 0 Å². The van der Waals surface area contributed by atoms with Gasteiger partial charge in [0.25, 0.3) is 0 Å². The Morgan fingerprint density at radius 3 is 2.54 bits per heavy atom. The maximum Gasteiger partial charge on any atom is 0.409 e. The molecule has 0 saturated carbocycles. The molecule has 3 rings (SSSR count). The summed E-state index contributed by atoms with van der Waals surface area (Å²) >= 11 is 0. The van der Waals surface area contributed by atoms with Gasteiger partial charge in [-0.25, -0.2) is 9.18 Å². The zero-order valence-electron chi connectivity index (χ0n) is 16.4. The van der Waals surface area contributed by atoms with Crippen LogP contribution in [0.2, 0.25) is 0 Å². The average Bonchev–Trinajstić information content (AvgIpc) is 2.72. The van der Waals surface area contributed by atoms with Crippen LogP contribution >= 0.6 is 0 Å². The first-order valence-corrected chi connectivity index (χ1v) is 9.25. The van der Waals surface area contributed by atoms with Crippen LogP contribution < -0.4 is 5.32 Å². The molecule has 7 heteroatoms. The maximum atomic E-state index is 13.1. The Kier molecular flexibility index (Phi) is 5.92. The van der Waals surface area contributed by atoms with Crippen LogP contribution in [0.25, 0.3) is 5.57 Å². The van der Waals surface area contributed by atoms with Gasteiger partial charge in [0.2, 0.25) is 0 Å². The molecule has 0 fully saturated rings. The molecule has 1 aromatic carbocycles. The van der Waals surface area contributed by atoms with Gasteiger partial charge in [-0.15, -0.1) is 10.2 Å². The molecule has 0 unspecified atom stereocenters. The number of nitrogens with zero attached hydrogens (tertiary/aromatic N) is 3. The highest BCUT2D eigenvalue weighted by Gasteiger charge is 2.21. The number of aromatic nitrogens is 2. The van der Waals surface area contributed by atoms with Crippen LogP contribution in [0, 0.1) is 5.82 Å². The molecular formula is C21H25FN4O2. The average molecular weight is 384 g/mol. The van der Waals surface area contributed by atoms with Gasteiger partial charge in [-0.2, -0.15) is 0 Å². The number of amides is 1. The van der Waals surface area contributed by atoms with Crippen molar-refractivity contribution in [2.75, 3.05) is 32.1 Å². The third-order valence-electron chi connectivity index (χ3n) is 4.97. The minimum Gasteiger partial charge on any atom is -0.453 e. The molecule has 6 nitrogen and oxygen atoms in total. The number of carbonyl (C=O) groups excluding carboxylic acids is 1. The van der Waals surface area contributed by atoms with Crippen LogP contribution in [0.5, 0.6) is 0 Å². The van der Waals surface area contributed by atoms with Gasteiger partial charge in [-0.3, -0.25) is 0 Å². The highest BCUT2D eigenvalue weighted by molar-refractivity contribution is 5.71. The summed E-state index contributed by atoms with van der Waals surface area (Å²) in [5.41, 5.74) is 2.75. The smallest absolute Gasteiger partial charge is 0.409 e. The summed E-state index contributed by atoms with van der Waals surface area (Å²) < 4.78 is 17.9. The molecule has 0 bridgehead atoms. The molecule has 0 atom stereocenters. The van der Waals surface area contributed by atoms with E-state index in [1.54, 1.807) is 17.0 Å². The number of nitrogens with one attached hydrogen (secondary N) is 1. The van der Waals surface area contributed by atoms with Gasteiger partial charge in [-0.05, 0) is 41.8 Å². The van der Waals surface area contributed by atoms with E-state index in [1.165, 1.54) is 19.2 Å². The fourth-order valence-corrected chi connectivity index (χ4v) is 3.11. The van der Waals surface area contributed by atoms with Gasteiger partial charge >= 0.3 is 6.09 Å². The molecule has 1 aromatic heterocycles. The highest BCUT2D eigenvalue weighted by Crippen LogP contribution is 2.24. The molecule has 2 heterocycles. The predicted molar refractivity (Wildman–Crippen MR) is 107 cm³/mol. The van der Waals surface area contributed by atoms with E-state index in [0.29, 0.717) is 31.9 Å². The van der Waals surface area contributed by atoms with E-state index in [0.717, 1.165) is 16.8 Å². The monoisotopic (exact) mass is 384 g/mol. The molecule has 0 saturated heterocycles. The zero-order chi connectivity index (χ0) is 20.1. The Hall–Kier alpha value is -2.96. The number of methoxy groups -OCH3 is 1. The largest absolute Gasteiger partial charge is 0.453 e. The lowest BCUT2D eigenvalue weighted by Gasteiger charge is -2.26. The van der Waals surface area contributed by atoms with Crippen LogP contribution in [0.15, 0.2) is 42.5 Å². The van der Waals surface area contributed by atoms with Gasteiger partial charge < -0.3 is 15.0 Å². The van der Waals surface area contributed by atoms with Crippen molar-refractivity contribution in [2.45, 2.75) is 25.7 Å². The van der Waals surface area contributed by atoms with Crippen molar-refractivity contribution in [3.8, 4) is 0 Å². The number of halogens is 1. The summed E-state index contributed by atoms with van der Waals surface area (Å²) in [7, 11) is 1.39. The molecule has 28 heavy (non-hydrogen) atoms. The SMILES string of the molecule is COC(=O)N1CC=C(c2ccc(NCC(C)(C)c3ccc(F)cc3)nn2)CC1. The topological polar surface area (TPSA) is 67.3 Å². The summed E-state index contributed by atoms with van der Waals surface area (Å²) in [6.45, 7) is 5.94. The molecule has 0 aliphatic carbocycles. The van der Waals surface area contributed by atoms with E-state index in [-0.39, 0.29) is 17.3 Å². The Morgan fingerprint density at radius 1 is 1.21 bits per heavy atom. The second-order valence-electron chi connectivity index (χ2n) is 7.44. The molecule has 1 aliphatic rings. The van der Waals surface area contributed by atoms with E-state index in [1.807, 2.05) is 18.2 Å². The van der Waals surface area contributed by atoms with Crippen LogP contribution in [-0.4, -0.2) is 47.9 Å². The number of hydrogen-bond acceptors (Lipinski definition) is 5. The van der Waals surface area contributed by atoms with Crippen molar-refractivity contribution in [3.63, 3.8) is 0 Å². The predicted octanol–water partition coefficient (Wildman–Crippen LogP) is 3.86. The van der Waals surface area contributed by atoms with E-state index in [9.17, 15) is 9.18 Å². The van der Waals surface area contributed by atoms with Crippen LogP contribution in [0.1, 0.15) is 31.5 Å². The van der Waals surface area contributed by atoms with Gasteiger partial charge in [0.05, 0.1) is 12.8 Å². The van der Waals surface area contributed by atoms with Gasteiger partial charge in [-0.1, -0.05) is 32.1 Å². The van der Waals surface area contributed by atoms with Crippen LogP contribution in [0.4, 0.5) is 15.0 Å². The minimum atomic E-state index is -0.315. The van der Waals surface area contributed by atoms with Crippen LogP contribution in [-0.2, 0) is 10.2 Å². The van der Waals surface area contributed by atoms with Crippen molar-refractivity contribution in [3.05, 3.63) is 59.5 Å². The molecule has 1 N–H and O–H groups in total. The Bertz CT molecular complexity index is 848. The summed E-state index contributed by atoms with van der Waals surface area (Å²) in [4.78, 5) is 13.2. The lowest BCUT2D eigenvalue weighted by molar-refractivity contribution is 0.128. The quantitative estimate of drug-likeness (QED) is 0.848. The van der Waals surface area contributed by atoms with E-state index < -0.39 is 0 Å². The lowest BCUT2D eigenvalue weighted by Crippen LogP contribution is -2.34. The molecule has 2 aromatic rings. The van der Waals surface area contributed by atoms with Crippen molar-refractivity contribution in [1.82, 2.24) is 15.1 Å². The first-order valence-electron chi connectivity index (χ1n) is 9.25. The summed E-state index contributed by atoms with van der Waals surface area (Å²) in [6.07, 6.45) is 2.38. The van der Waals surface area contributed by atoms with Crippen molar-refractivity contribution in [2.24, 2.45) is 0 Å². The minimum absolute atomic E-state index is 0.183. The third kappa shape index (κ3) is 4.65. The number of benzene rings is 1. The standard InChI is InChI=1S/C21H25FN4O2/c1-21(2,16-4-6-17(22)7-5-16)14-23-19-9-8-18(24-25-19)15-10-12-26(13-11-15)20(27)28-3/h4-10H,11-14H2,1-3H3,(H,23,25). The van der Waals surface area contributed by atoms with Gasteiger partial charge in [0, 0.05) is 25.0 Å². The maximum absolute atomic E-state index is 13.1. The molecular weight excluding hydrogens is 359 g/mol. The van der Waals surface area contributed by atoms with Gasteiger partial charge in [0.1, 0.15) is 11.6 Å². The first kappa shape index (κ1) is 19.8. The number of ether oxygens (including phenoxy) is 1. The number of rotatable bonds is 5. The number of anilines is 1. The molecule has 0 radical (unpaired) electrons. The Morgan fingerprint density at radius 2 is 1.96 bits per heavy atom. The molecule has 1 aliphatic heterocycles. The number of carbonyl (C=O) groups is 1. The normalized spacial score (nSPS) is 14.4. The van der Waals surface area contributed by atoms with E-state index >= 15 is 0 Å². The van der Waals surface area contributed by atoms with Crippen LogP contribution in [0.3, 0.4) is 0 Å². The Balaban J connectivity index is 1.60. The highest BCUT2D eigenvalue weighted by atomic mass is 19.1. The van der Waals surface area contributed by atoms with E-state index in [4.69, 9.17) is 4.74 Å². The fourth-order valence-electron chi connectivity index (χ4n) is 3.11. The van der Waals surface area contributed by atoms with Crippen molar-refractivity contribution in [1.29, 1.82) is 0 Å². The molecule has 0 spiro atoms. The van der Waals surface area contributed by atoms with E-state index in [2.05, 4.69) is 29.4 Å². The van der Waals surface area contributed by atoms with Crippen molar-refractivity contribution < 1.29 is 13.9 Å².